The molecule has 0 saturated heterocycles. The Balaban J connectivity index is 2.23. The topological polar surface area (TPSA) is 67.3 Å². The normalized spacial score (nSPS) is 20.1. The molecular formula is C14H26N4O. The highest BCUT2D eigenvalue weighted by molar-refractivity contribution is 5.14. The first-order valence-electron chi connectivity index (χ1n) is 7.24. The largest absolute Gasteiger partial charge is 0.395 e. The number of aliphatic hydroxyl groups is 1. The Kier molecular flexibility index (Phi) is 4.96. The maximum absolute atomic E-state index is 9.38. The number of nitrogens with two attached hydrogens (primary N) is 1. The fourth-order valence-electron chi connectivity index (χ4n) is 3.29. The molecule has 1 fully saturated rings. The van der Waals surface area contributed by atoms with E-state index < -0.39 is 0 Å². The van der Waals surface area contributed by atoms with E-state index in [4.69, 9.17) is 5.73 Å². The summed E-state index contributed by atoms with van der Waals surface area (Å²) in [6.45, 7) is 2.91. The Morgan fingerprint density at radius 1 is 1.53 bits per heavy atom. The molecule has 1 saturated carbocycles. The molecular weight excluding hydrogens is 240 g/mol. The van der Waals surface area contributed by atoms with Gasteiger partial charge < -0.3 is 10.8 Å². The maximum atomic E-state index is 9.38. The standard InChI is InChI=1S/C14H26N4O/c1-11(15)14(12-9-16-17(2)10-12)18(7-8-19)13-5-3-4-6-13/h9-11,13-14,19H,3-8,15H2,1-2H3. The summed E-state index contributed by atoms with van der Waals surface area (Å²) < 4.78 is 1.82. The first kappa shape index (κ1) is 14.5. The van der Waals surface area contributed by atoms with Crippen LogP contribution in [0.1, 0.15) is 44.2 Å². The van der Waals surface area contributed by atoms with E-state index in [1.165, 1.54) is 25.7 Å². The van der Waals surface area contributed by atoms with Crippen LogP contribution in [0.5, 0.6) is 0 Å². The average molecular weight is 266 g/mol. The van der Waals surface area contributed by atoms with E-state index >= 15 is 0 Å². The van der Waals surface area contributed by atoms with Gasteiger partial charge in [-0.25, -0.2) is 0 Å². The molecule has 0 amide bonds. The summed E-state index contributed by atoms with van der Waals surface area (Å²) in [5.74, 6) is 0. The van der Waals surface area contributed by atoms with E-state index in [1.807, 2.05) is 31.0 Å². The van der Waals surface area contributed by atoms with Crippen molar-refractivity contribution in [1.29, 1.82) is 0 Å². The van der Waals surface area contributed by atoms with Gasteiger partial charge in [0.05, 0.1) is 18.8 Å². The molecule has 3 N–H and O–H groups in total. The van der Waals surface area contributed by atoms with Crippen molar-refractivity contribution in [1.82, 2.24) is 14.7 Å². The molecule has 5 heteroatoms. The van der Waals surface area contributed by atoms with Gasteiger partial charge in [0.2, 0.25) is 0 Å². The van der Waals surface area contributed by atoms with Crippen LogP contribution in [0.15, 0.2) is 12.4 Å². The van der Waals surface area contributed by atoms with Crippen LogP contribution in [0.2, 0.25) is 0 Å². The van der Waals surface area contributed by atoms with E-state index in [0.29, 0.717) is 12.6 Å². The van der Waals surface area contributed by atoms with Crippen LogP contribution >= 0.6 is 0 Å². The van der Waals surface area contributed by atoms with Crippen molar-refractivity contribution in [2.45, 2.75) is 50.7 Å². The molecule has 1 heterocycles. The van der Waals surface area contributed by atoms with Gasteiger partial charge in [-0.2, -0.15) is 5.10 Å². The lowest BCUT2D eigenvalue weighted by Gasteiger charge is -2.37. The van der Waals surface area contributed by atoms with Gasteiger partial charge in [0.1, 0.15) is 0 Å². The van der Waals surface area contributed by atoms with Crippen LogP contribution in [-0.2, 0) is 7.05 Å². The monoisotopic (exact) mass is 266 g/mol. The summed E-state index contributed by atoms with van der Waals surface area (Å²) in [6.07, 6.45) is 8.92. The van der Waals surface area contributed by atoms with Gasteiger partial charge in [-0.1, -0.05) is 12.8 Å². The van der Waals surface area contributed by atoms with Gasteiger partial charge in [-0.15, -0.1) is 0 Å². The fraction of sp³-hybridized carbons (Fsp3) is 0.786. The van der Waals surface area contributed by atoms with E-state index in [9.17, 15) is 5.11 Å². The molecule has 0 bridgehead atoms. The number of rotatable bonds is 6. The number of aromatic nitrogens is 2. The predicted molar refractivity (Wildman–Crippen MR) is 75.6 cm³/mol. The van der Waals surface area contributed by atoms with Crippen LogP contribution in [0.25, 0.3) is 0 Å². The fourth-order valence-corrected chi connectivity index (χ4v) is 3.29. The van der Waals surface area contributed by atoms with Gasteiger partial charge in [0, 0.05) is 37.4 Å². The second-order valence-electron chi connectivity index (χ2n) is 5.65. The molecule has 1 aromatic rings. The van der Waals surface area contributed by atoms with Gasteiger partial charge in [0.15, 0.2) is 0 Å². The Morgan fingerprint density at radius 2 is 2.21 bits per heavy atom. The molecule has 0 aromatic carbocycles. The van der Waals surface area contributed by atoms with Gasteiger partial charge in [-0.05, 0) is 19.8 Å². The molecule has 108 valence electrons. The zero-order valence-electron chi connectivity index (χ0n) is 12.0. The highest BCUT2D eigenvalue weighted by atomic mass is 16.3. The van der Waals surface area contributed by atoms with E-state index in [2.05, 4.69) is 10.00 Å². The van der Waals surface area contributed by atoms with Crippen LogP contribution in [0, 0.1) is 0 Å². The second-order valence-corrected chi connectivity index (χ2v) is 5.65. The molecule has 2 rings (SSSR count). The minimum atomic E-state index is 0.0244. The first-order chi connectivity index (χ1) is 9.13. The van der Waals surface area contributed by atoms with Crippen molar-refractivity contribution in [3.05, 3.63) is 18.0 Å². The quantitative estimate of drug-likeness (QED) is 0.807. The molecule has 0 aliphatic heterocycles. The van der Waals surface area contributed by atoms with Gasteiger partial charge in [-0.3, -0.25) is 9.58 Å². The molecule has 0 radical (unpaired) electrons. The zero-order chi connectivity index (χ0) is 13.8. The van der Waals surface area contributed by atoms with Crippen LogP contribution in [0.4, 0.5) is 0 Å². The van der Waals surface area contributed by atoms with Crippen molar-refractivity contribution in [3.8, 4) is 0 Å². The van der Waals surface area contributed by atoms with Gasteiger partial charge in [0.25, 0.3) is 0 Å². The lowest BCUT2D eigenvalue weighted by molar-refractivity contribution is 0.0922. The number of hydrogen-bond donors (Lipinski definition) is 2. The highest BCUT2D eigenvalue weighted by Crippen LogP contribution is 2.32. The van der Waals surface area contributed by atoms with E-state index in [0.717, 1.165) is 5.56 Å². The van der Waals surface area contributed by atoms with Crippen molar-refractivity contribution in [2.24, 2.45) is 12.8 Å². The highest BCUT2D eigenvalue weighted by Gasteiger charge is 2.32. The summed E-state index contributed by atoms with van der Waals surface area (Å²) in [5.41, 5.74) is 7.37. The number of aliphatic hydroxyl groups excluding tert-OH is 1. The van der Waals surface area contributed by atoms with Crippen LogP contribution in [0.3, 0.4) is 0 Å². The third-order valence-corrected chi connectivity index (χ3v) is 4.07. The Morgan fingerprint density at radius 3 is 2.68 bits per heavy atom. The number of hydrogen-bond acceptors (Lipinski definition) is 4. The van der Waals surface area contributed by atoms with E-state index in [-0.39, 0.29) is 18.7 Å². The lowest BCUT2D eigenvalue weighted by atomic mass is 9.99. The third kappa shape index (κ3) is 3.35. The van der Waals surface area contributed by atoms with Crippen molar-refractivity contribution >= 4 is 0 Å². The molecule has 1 aromatic heterocycles. The number of aryl methyl sites for hydroxylation is 1. The Hall–Kier alpha value is -0.910. The van der Waals surface area contributed by atoms with Crippen LogP contribution < -0.4 is 5.73 Å². The van der Waals surface area contributed by atoms with E-state index in [1.54, 1.807) is 0 Å². The molecule has 1 aliphatic carbocycles. The smallest absolute Gasteiger partial charge is 0.0558 e. The molecule has 2 unspecified atom stereocenters. The lowest BCUT2D eigenvalue weighted by Crippen LogP contribution is -2.45. The van der Waals surface area contributed by atoms with Crippen LogP contribution in [-0.4, -0.2) is 45.0 Å². The predicted octanol–water partition coefficient (Wildman–Crippen LogP) is 1.05. The summed E-state index contributed by atoms with van der Waals surface area (Å²) in [4.78, 5) is 2.38. The average Bonchev–Trinajstić information content (AvgIpc) is 2.99. The minimum absolute atomic E-state index is 0.0244. The molecule has 2 atom stereocenters. The Bertz CT molecular complexity index is 385. The van der Waals surface area contributed by atoms with Gasteiger partial charge >= 0.3 is 0 Å². The molecule has 5 nitrogen and oxygen atoms in total. The molecule has 1 aliphatic rings. The second kappa shape index (κ2) is 6.50. The Labute approximate surface area is 115 Å². The van der Waals surface area contributed by atoms with Crippen molar-refractivity contribution in [3.63, 3.8) is 0 Å². The summed E-state index contributed by atoms with van der Waals surface area (Å²) in [6, 6.07) is 0.712. The number of nitrogens with zero attached hydrogens (tertiary/aromatic N) is 3. The van der Waals surface area contributed by atoms with Crippen molar-refractivity contribution < 1.29 is 5.11 Å². The first-order valence-corrected chi connectivity index (χ1v) is 7.24. The third-order valence-electron chi connectivity index (χ3n) is 4.07. The SMILES string of the molecule is CC(N)C(c1cnn(C)c1)N(CCO)C1CCCC1. The minimum Gasteiger partial charge on any atom is -0.395 e. The summed E-state index contributed by atoms with van der Waals surface area (Å²) in [5, 5.41) is 13.6. The molecule has 19 heavy (non-hydrogen) atoms. The summed E-state index contributed by atoms with van der Waals surface area (Å²) in [7, 11) is 1.92. The van der Waals surface area contributed by atoms with Crippen molar-refractivity contribution in [2.75, 3.05) is 13.2 Å². The zero-order valence-corrected chi connectivity index (χ0v) is 12.0. The summed E-state index contributed by atoms with van der Waals surface area (Å²) >= 11 is 0. The maximum Gasteiger partial charge on any atom is 0.0558 e. The molecule has 0 spiro atoms.